The minimum atomic E-state index is -0.503. The molecule has 0 unspecified atom stereocenters. The third-order valence-corrected chi connectivity index (χ3v) is 2.79. The summed E-state index contributed by atoms with van der Waals surface area (Å²) in [6.07, 6.45) is 1.42. The van der Waals surface area contributed by atoms with Gasteiger partial charge >= 0.3 is 5.91 Å². The number of ether oxygens (including phenoxy) is 1. The van der Waals surface area contributed by atoms with Gasteiger partial charge in [0.1, 0.15) is 5.75 Å². The maximum atomic E-state index is 11.9. The normalized spacial score (nSPS) is 10.0. The highest BCUT2D eigenvalue weighted by Gasteiger charge is 2.13. The van der Waals surface area contributed by atoms with E-state index in [1.807, 2.05) is 6.92 Å². The Morgan fingerprint density at radius 3 is 2.33 bits per heavy atom. The lowest BCUT2D eigenvalue weighted by atomic mass is 10.2. The summed E-state index contributed by atoms with van der Waals surface area (Å²) in [6.45, 7) is 4.18. The summed E-state index contributed by atoms with van der Waals surface area (Å²) < 4.78 is 10.3. The number of hydrazine groups is 1. The van der Waals surface area contributed by atoms with Crippen molar-refractivity contribution in [1.82, 2.24) is 10.9 Å². The summed E-state index contributed by atoms with van der Waals surface area (Å²) in [4.78, 5) is 23.6. The summed E-state index contributed by atoms with van der Waals surface area (Å²) in [7, 11) is 0. The molecule has 2 aromatic rings. The number of aryl methyl sites for hydroxylation is 1. The van der Waals surface area contributed by atoms with Gasteiger partial charge in [0.2, 0.25) is 0 Å². The Balaban J connectivity index is 1.92. The van der Waals surface area contributed by atoms with Crippen LogP contribution in [0.15, 0.2) is 41.0 Å². The molecule has 0 saturated heterocycles. The molecular formula is C15H16N2O4. The number of hydrogen-bond acceptors (Lipinski definition) is 4. The zero-order chi connectivity index (χ0) is 15.2. The third-order valence-electron chi connectivity index (χ3n) is 2.79. The topological polar surface area (TPSA) is 80.6 Å². The first-order valence-corrected chi connectivity index (χ1v) is 6.49. The van der Waals surface area contributed by atoms with E-state index in [2.05, 4.69) is 10.9 Å². The van der Waals surface area contributed by atoms with E-state index in [4.69, 9.17) is 9.15 Å². The van der Waals surface area contributed by atoms with Gasteiger partial charge in [-0.15, -0.1) is 0 Å². The maximum Gasteiger partial charge on any atom is 0.305 e. The SMILES string of the molecule is CCOc1ccc(C(=O)NNC(=O)c2occc2C)cc1. The highest BCUT2D eigenvalue weighted by atomic mass is 16.5. The Labute approximate surface area is 122 Å². The van der Waals surface area contributed by atoms with Gasteiger partial charge in [-0.3, -0.25) is 20.4 Å². The van der Waals surface area contributed by atoms with E-state index in [0.29, 0.717) is 23.5 Å². The predicted molar refractivity (Wildman–Crippen MR) is 76.0 cm³/mol. The quantitative estimate of drug-likeness (QED) is 0.844. The largest absolute Gasteiger partial charge is 0.494 e. The average Bonchev–Trinajstić information content (AvgIpc) is 2.92. The molecule has 0 spiro atoms. The zero-order valence-electron chi connectivity index (χ0n) is 11.8. The van der Waals surface area contributed by atoms with Gasteiger partial charge < -0.3 is 9.15 Å². The number of hydrogen-bond donors (Lipinski definition) is 2. The lowest BCUT2D eigenvalue weighted by Gasteiger charge is -2.07. The summed E-state index contributed by atoms with van der Waals surface area (Å²) in [5, 5.41) is 0. The number of carbonyl (C=O) groups is 2. The molecule has 6 nitrogen and oxygen atoms in total. The van der Waals surface area contributed by atoms with Gasteiger partial charge in [0, 0.05) is 11.1 Å². The van der Waals surface area contributed by atoms with Crippen molar-refractivity contribution in [2.75, 3.05) is 6.61 Å². The van der Waals surface area contributed by atoms with Crippen LogP contribution in [-0.4, -0.2) is 18.4 Å². The molecule has 0 aliphatic heterocycles. The van der Waals surface area contributed by atoms with Crippen molar-refractivity contribution < 1.29 is 18.7 Å². The molecule has 2 amide bonds. The second-order valence-electron chi connectivity index (χ2n) is 4.30. The second-order valence-corrected chi connectivity index (χ2v) is 4.30. The molecule has 2 N–H and O–H groups in total. The fourth-order valence-corrected chi connectivity index (χ4v) is 1.72. The van der Waals surface area contributed by atoms with Gasteiger partial charge in [0.05, 0.1) is 12.9 Å². The monoisotopic (exact) mass is 288 g/mol. The van der Waals surface area contributed by atoms with E-state index in [1.165, 1.54) is 6.26 Å². The van der Waals surface area contributed by atoms with Gasteiger partial charge in [0.15, 0.2) is 5.76 Å². The van der Waals surface area contributed by atoms with Crippen molar-refractivity contribution in [3.8, 4) is 5.75 Å². The van der Waals surface area contributed by atoms with Crippen LogP contribution in [0.4, 0.5) is 0 Å². The van der Waals surface area contributed by atoms with Gasteiger partial charge in [-0.2, -0.15) is 0 Å². The van der Waals surface area contributed by atoms with Gasteiger partial charge in [-0.25, -0.2) is 0 Å². The van der Waals surface area contributed by atoms with Crippen LogP contribution in [0.25, 0.3) is 0 Å². The maximum absolute atomic E-state index is 11.9. The van der Waals surface area contributed by atoms with E-state index >= 15 is 0 Å². The Hall–Kier alpha value is -2.76. The van der Waals surface area contributed by atoms with Crippen molar-refractivity contribution in [2.45, 2.75) is 13.8 Å². The Kier molecular flexibility index (Phi) is 4.61. The van der Waals surface area contributed by atoms with Gasteiger partial charge in [0.25, 0.3) is 5.91 Å². The molecule has 0 aliphatic rings. The first-order chi connectivity index (χ1) is 10.1. The minimum Gasteiger partial charge on any atom is -0.494 e. The molecule has 1 aromatic carbocycles. The van der Waals surface area contributed by atoms with E-state index in [-0.39, 0.29) is 5.76 Å². The van der Waals surface area contributed by atoms with Gasteiger partial charge in [-0.05, 0) is 44.2 Å². The summed E-state index contributed by atoms with van der Waals surface area (Å²) in [5.41, 5.74) is 5.74. The number of amides is 2. The predicted octanol–water partition coefficient (Wildman–Crippen LogP) is 2.06. The van der Waals surface area contributed by atoms with Crippen LogP contribution in [0.3, 0.4) is 0 Å². The molecular weight excluding hydrogens is 272 g/mol. The van der Waals surface area contributed by atoms with Crippen molar-refractivity contribution in [3.63, 3.8) is 0 Å². The molecule has 1 heterocycles. The Morgan fingerprint density at radius 2 is 1.76 bits per heavy atom. The van der Waals surface area contributed by atoms with E-state index in [1.54, 1.807) is 37.3 Å². The minimum absolute atomic E-state index is 0.169. The first-order valence-electron chi connectivity index (χ1n) is 6.49. The van der Waals surface area contributed by atoms with Crippen LogP contribution in [0.5, 0.6) is 5.75 Å². The molecule has 0 aliphatic carbocycles. The smallest absolute Gasteiger partial charge is 0.305 e. The molecule has 0 saturated carbocycles. The number of nitrogens with one attached hydrogen (secondary N) is 2. The fourth-order valence-electron chi connectivity index (χ4n) is 1.72. The zero-order valence-corrected chi connectivity index (χ0v) is 11.8. The van der Waals surface area contributed by atoms with Gasteiger partial charge in [-0.1, -0.05) is 0 Å². The Morgan fingerprint density at radius 1 is 1.10 bits per heavy atom. The Bertz CT molecular complexity index is 631. The number of rotatable bonds is 4. The molecule has 0 atom stereocenters. The molecule has 0 fully saturated rings. The van der Waals surface area contributed by atoms with Crippen molar-refractivity contribution >= 4 is 11.8 Å². The molecule has 110 valence electrons. The molecule has 1 aromatic heterocycles. The lowest BCUT2D eigenvalue weighted by molar-refractivity contribution is 0.0830. The van der Waals surface area contributed by atoms with Crippen molar-refractivity contribution in [2.24, 2.45) is 0 Å². The summed E-state index contributed by atoms with van der Waals surface area (Å²) in [5.74, 6) is -0.0707. The van der Waals surface area contributed by atoms with Crippen LogP contribution in [0.1, 0.15) is 33.4 Å². The van der Waals surface area contributed by atoms with Crippen LogP contribution >= 0.6 is 0 Å². The van der Waals surface area contributed by atoms with Crippen LogP contribution in [0, 0.1) is 6.92 Å². The first kappa shape index (κ1) is 14.6. The van der Waals surface area contributed by atoms with Crippen molar-refractivity contribution in [3.05, 3.63) is 53.5 Å². The molecule has 2 rings (SSSR count). The van der Waals surface area contributed by atoms with Crippen LogP contribution < -0.4 is 15.6 Å². The highest BCUT2D eigenvalue weighted by molar-refractivity contribution is 5.98. The standard InChI is InChI=1S/C15H16N2O4/c1-3-20-12-6-4-11(5-7-12)14(18)16-17-15(19)13-10(2)8-9-21-13/h4-9H,3H2,1-2H3,(H,16,18)(H,17,19). The average molecular weight is 288 g/mol. The second kappa shape index (κ2) is 6.60. The molecule has 0 radical (unpaired) electrons. The number of benzene rings is 1. The molecule has 0 bridgehead atoms. The van der Waals surface area contributed by atoms with Crippen molar-refractivity contribution in [1.29, 1.82) is 0 Å². The third kappa shape index (κ3) is 3.62. The summed E-state index contributed by atoms with van der Waals surface area (Å²) in [6, 6.07) is 8.28. The number of furan rings is 1. The number of carbonyl (C=O) groups excluding carboxylic acids is 2. The van der Waals surface area contributed by atoms with E-state index in [9.17, 15) is 9.59 Å². The van der Waals surface area contributed by atoms with E-state index in [0.717, 1.165) is 0 Å². The van der Waals surface area contributed by atoms with Crippen LogP contribution in [0.2, 0.25) is 0 Å². The summed E-state index contributed by atoms with van der Waals surface area (Å²) >= 11 is 0. The lowest BCUT2D eigenvalue weighted by Crippen LogP contribution is -2.41. The highest BCUT2D eigenvalue weighted by Crippen LogP contribution is 2.12. The van der Waals surface area contributed by atoms with Crippen LogP contribution in [-0.2, 0) is 0 Å². The molecule has 6 heteroatoms. The van der Waals surface area contributed by atoms with E-state index < -0.39 is 11.8 Å². The molecule has 21 heavy (non-hydrogen) atoms. The fraction of sp³-hybridized carbons (Fsp3) is 0.200.